The highest BCUT2D eigenvalue weighted by molar-refractivity contribution is 7.89. The summed E-state index contributed by atoms with van der Waals surface area (Å²) in [4.78, 5) is 4.60. The number of benzene rings is 1. The van der Waals surface area contributed by atoms with Gasteiger partial charge in [0.05, 0.1) is 17.1 Å². The largest absolute Gasteiger partial charge is 0.365 e. The van der Waals surface area contributed by atoms with Crippen molar-refractivity contribution in [2.75, 3.05) is 12.4 Å². The molecule has 0 amide bonds. The Morgan fingerprint density at radius 3 is 2.86 bits per heavy atom. The van der Waals surface area contributed by atoms with E-state index in [0.717, 1.165) is 30.0 Å². The maximum Gasteiger partial charge on any atom is 0.240 e. The summed E-state index contributed by atoms with van der Waals surface area (Å²) in [6, 6.07) is 5.41. The fourth-order valence-corrected chi connectivity index (χ4v) is 4.19. The van der Waals surface area contributed by atoms with Gasteiger partial charge in [-0.1, -0.05) is 6.07 Å². The average Bonchev–Trinajstić information content (AvgIpc) is 3.13. The third kappa shape index (κ3) is 3.09. The lowest BCUT2D eigenvalue weighted by Crippen LogP contribution is -2.23. The molecule has 5 nitrogen and oxygen atoms in total. The Bertz CT molecular complexity index is 753. The molecular weight excluding hydrogens is 306 g/mol. The van der Waals surface area contributed by atoms with Crippen LogP contribution in [0.4, 0.5) is 5.13 Å². The summed E-state index contributed by atoms with van der Waals surface area (Å²) in [5.41, 5.74) is 3.14. The van der Waals surface area contributed by atoms with Crippen molar-refractivity contribution in [3.05, 3.63) is 40.4 Å². The molecular formula is C14H17N3O2S2. The van der Waals surface area contributed by atoms with Crippen molar-refractivity contribution in [2.45, 2.75) is 30.7 Å². The number of anilines is 1. The molecule has 0 fully saturated rings. The molecule has 0 atom stereocenters. The molecule has 1 aliphatic rings. The summed E-state index contributed by atoms with van der Waals surface area (Å²) < 4.78 is 27.3. The first kappa shape index (κ1) is 14.5. The first-order chi connectivity index (χ1) is 10.1. The normalized spacial score (nSPS) is 14.1. The third-order valence-corrected chi connectivity index (χ3v) is 5.90. The van der Waals surface area contributed by atoms with Crippen LogP contribution in [0, 0.1) is 0 Å². The minimum atomic E-state index is -3.48. The van der Waals surface area contributed by atoms with Gasteiger partial charge < -0.3 is 5.32 Å². The van der Waals surface area contributed by atoms with Crippen LogP contribution in [0.25, 0.3) is 0 Å². The number of aryl methyl sites for hydroxylation is 2. The minimum Gasteiger partial charge on any atom is -0.365 e. The predicted octanol–water partition coefficient (Wildman–Crippen LogP) is 2.15. The second kappa shape index (κ2) is 5.75. The van der Waals surface area contributed by atoms with Crippen LogP contribution in [0.1, 0.15) is 23.2 Å². The topological polar surface area (TPSA) is 71.1 Å². The van der Waals surface area contributed by atoms with Gasteiger partial charge in [0.15, 0.2) is 5.13 Å². The maximum atomic E-state index is 12.3. The highest BCUT2D eigenvalue weighted by Gasteiger charge is 2.18. The van der Waals surface area contributed by atoms with Crippen molar-refractivity contribution in [1.82, 2.24) is 9.71 Å². The van der Waals surface area contributed by atoms with E-state index < -0.39 is 10.0 Å². The second-order valence-electron chi connectivity index (χ2n) is 5.00. The van der Waals surface area contributed by atoms with Crippen LogP contribution >= 0.6 is 11.3 Å². The first-order valence-corrected chi connectivity index (χ1v) is 9.18. The molecule has 0 bridgehead atoms. The lowest BCUT2D eigenvalue weighted by molar-refractivity contribution is 0.580. The Kier molecular flexibility index (Phi) is 3.97. The smallest absolute Gasteiger partial charge is 0.240 e. The zero-order valence-corrected chi connectivity index (χ0v) is 13.4. The third-order valence-electron chi connectivity index (χ3n) is 3.59. The summed E-state index contributed by atoms with van der Waals surface area (Å²) in [6.07, 6.45) is 3.13. The quantitative estimate of drug-likeness (QED) is 0.884. The van der Waals surface area contributed by atoms with E-state index in [0.29, 0.717) is 10.6 Å². The molecule has 0 saturated carbocycles. The lowest BCUT2D eigenvalue weighted by Gasteiger charge is -2.07. The van der Waals surface area contributed by atoms with E-state index in [2.05, 4.69) is 15.0 Å². The van der Waals surface area contributed by atoms with Crippen LogP contribution in [-0.2, 0) is 29.4 Å². The zero-order valence-electron chi connectivity index (χ0n) is 11.7. The Hall–Kier alpha value is -1.44. The van der Waals surface area contributed by atoms with E-state index in [-0.39, 0.29) is 6.54 Å². The second-order valence-corrected chi connectivity index (χ2v) is 7.63. The van der Waals surface area contributed by atoms with Crippen LogP contribution in [0.2, 0.25) is 0 Å². The number of thiazole rings is 1. The molecule has 2 N–H and O–H groups in total. The van der Waals surface area contributed by atoms with Gasteiger partial charge in [-0.15, -0.1) is 11.3 Å². The van der Waals surface area contributed by atoms with Gasteiger partial charge in [-0.2, -0.15) is 0 Å². The highest BCUT2D eigenvalue weighted by atomic mass is 32.2. The molecule has 7 heteroatoms. The molecule has 0 radical (unpaired) electrons. The van der Waals surface area contributed by atoms with Gasteiger partial charge in [-0.05, 0) is 42.5 Å². The van der Waals surface area contributed by atoms with Crippen molar-refractivity contribution < 1.29 is 8.42 Å². The molecule has 0 saturated heterocycles. The number of nitrogens with one attached hydrogen (secondary N) is 2. The van der Waals surface area contributed by atoms with Crippen molar-refractivity contribution in [3.8, 4) is 0 Å². The standard InChI is InChI=1S/C14H17N3O2S2/c1-15-14-17-12(9-20-14)8-16-21(18,19)13-6-5-10-3-2-4-11(10)7-13/h5-7,9,16H,2-4,8H2,1H3,(H,15,17). The Morgan fingerprint density at radius 1 is 1.29 bits per heavy atom. The van der Waals surface area contributed by atoms with Crippen molar-refractivity contribution in [1.29, 1.82) is 0 Å². The SMILES string of the molecule is CNc1nc(CNS(=O)(=O)c2ccc3c(c2)CCC3)cs1. The molecule has 1 aliphatic carbocycles. The summed E-state index contributed by atoms with van der Waals surface area (Å²) in [5, 5.41) is 5.56. The Morgan fingerprint density at radius 2 is 2.10 bits per heavy atom. The predicted molar refractivity (Wildman–Crippen MR) is 84.2 cm³/mol. The number of rotatable bonds is 5. The highest BCUT2D eigenvalue weighted by Crippen LogP contribution is 2.24. The molecule has 1 aromatic carbocycles. The first-order valence-electron chi connectivity index (χ1n) is 6.82. The molecule has 1 aromatic heterocycles. The number of aromatic nitrogens is 1. The summed E-state index contributed by atoms with van der Waals surface area (Å²) in [5.74, 6) is 0. The zero-order chi connectivity index (χ0) is 14.9. The monoisotopic (exact) mass is 323 g/mol. The molecule has 0 aliphatic heterocycles. The van der Waals surface area contributed by atoms with Crippen molar-refractivity contribution in [3.63, 3.8) is 0 Å². The fraction of sp³-hybridized carbons (Fsp3) is 0.357. The molecule has 0 spiro atoms. The number of hydrogen-bond acceptors (Lipinski definition) is 5. The van der Waals surface area contributed by atoms with E-state index in [1.165, 1.54) is 16.9 Å². The van der Waals surface area contributed by atoms with Crippen LogP contribution in [0.5, 0.6) is 0 Å². The molecule has 1 heterocycles. The van der Waals surface area contributed by atoms with Crippen LogP contribution in [-0.4, -0.2) is 20.4 Å². The summed E-state index contributed by atoms with van der Waals surface area (Å²) in [6.45, 7) is 0.206. The van der Waals surface area contributed by atoms with Crippen molar-refractivity contribution in [2.24, 2.45) is 0 Å². The van der Waals surface area contributed by atoms with Gasteiger partial charge in [0.25, 0.3) is 0 Å². The van der Waals surface area contributed by atoms with E-state index in [1.54, 1.807) is 19.2 Å². The molecule has 21 heavy (non-hydrogen) atoms. The molecule has 3 rings (SSSR count). The molecule has 112 valence electrons. The maximum absolute atomic E-state index is 12.3. The van der Waals surface area contributed by atoms with Gasteiger partial charge in [0.1, 0.15) is 0 Å². The van der Waals surface area contributed by atoms with Crippen LogP contribution in [0.3, 0.4) is 0 Å². The van der Waals surface area contributed by atoms with E-state index in [4.69, 9.17) is 0 Å². The summed E-state index contributed by atoms with van der Waals surface area (Å²) in [7, 11) is -1.69. The lowest BCUT2D eigenvalue weighted by atomic mass is 10.1. The Balaban J connectivity index is 1.74. The van der Waals surface area contributed by atoms with E-state index in [1.807, 2.05) is 11.4 Å². The van der Waals surface area contributed by atoms with E-state index in [9.17, 15) is 8.42 Å². The van der Waals surface area contributed by atoms with Crippen LogP contribution < -0.4 is 10.0 Å². The van der Waals surface area contributed by atoms with Crippen molar-refractivity contribution >= 4 is 26.5 Å². The van der Waals surface area contributed by atoms with Gasteiger partial charge in [0, 0.05) is 12.4 Å². The van der Waals surface area contributed by atoms with Gasteiger partial charge in [0.2, 0.25) is 10.0 Å². The number of sulfonamides is 1. The number of hydrogen-bond donors (Lipinski definition) is 2. The average molecular weight is 323 g/mol. The van der Waals surface area contributed by atoms with Gasteiger partial charge in [-0.3, -0.25) is 0 Å². The van der Waals surface area contributed by atoms with Crippen LogP contribution in [0.15, 0.2) is 28.5 Å². The van der Waals surface area contributed by atoms with Gasteiger partial charge in [-0.25, -0.2) is 18.1 Å². The summed E-state index contributed by atoms with van der Waals surface area (Å²) >= 11 is 1.46. The fourth-order valence-electron chi connectivity index (χ4n) is 2.47. The number of nitrogens with zero attached hydrogens (tertiary/aromatic N) is 1. The number of fused-ring (bicyclic) bond motifs is 1. The van der Waals surface area contributed by atoms with Gasteiger partial charge >= 0.3 is 0 Å². The minimum absolute atomic E-state index is 0.206. The molecule has 2 aromatic rings. The van der Waals surface area contributed by atoms with E-state index >= 15 is 0 Å². The molecule has 0 unspecified atom stereocenters. The Labute approximate surface area is 128 Å².